The van der Waals surface area contributed by atoms with Crippen LogP contribution in [0, 0.1) is 30.5 Å². The zero-order valence-corrected chi connectivity index (χ0v) is 46.3. The molecule has 23 heteroatoms. The standard InChI is InChI=1S/C59H72F2N10O11/c1-35(2)50(67-47(72)14-8-5-9-26-69-48(73)21-22-49(69)74)56(77)66-45(13-10-25-63-58(62)79)55(76)64-40-18-16-38(17-19-40)34-82-59(80)71-32-44(61)42-31-70(57(78)53(75)52(42)71)51(39-23-27-81-28-24-39)54-65-46(41-29-36(3)15-20-43(41)60)33-68(54)30-37-11-6-4-7-12-37/h4,6-7,11-12,15-22,29,33,35,39,42,44-45,50-53,75H,5,8-10,13-14,23-28,30-32,34H2,1-3H3,(H,64,76)(H,66,77)(H,67,72)(H3,62,63,79)/t42-,44-,45+,50+,51-,52?,53+/m1/s1. The van der Waals surface area contributed by atoms with Gasteiger partial charge in [0.15, 0.2) is 6.10 Å². The Labute approximate surface area is 474 Å². The van der Waals surface area contributed by atoms with Crippen molar-refractivity contribution in [2.24, 2.45) is 23.5 Å². The minimum absolute atomic E-state index is 0.0763. The van der Waals surface area contributed by atoms with E-state index in [1.54, 1.807) is 56.4 Å². The SMILES string of the molecule is Cc1ccc(F)c(-c2cn(Cc3ccccc3)c([C@@H](C3CCOCC3)N3C[C@H]4C([C@H](O)C3=O)N(C(=O)OCc3ccc(NC(=O)[C@H](CCCNC(N)=O)NC(=O)[C@@H](NC(=O)CCCCCN5C(=O)C=CC5=O)C(C)C)cc3)C[C@H]4F)n2)c1. The zero-order chi connectivity index (χ0) is 58.6. The number of amides is 9. The number of halogens is 2. The van der Waals surface area contributed by atoms with E-state index in [4.69, 9.17) is 20.2 Å². The molecular weight excluding hydrogens is 1060 g/mol. The van der Waals surface area contributed by atoms with E-state index >= 15 is 8.78 Å². The molecule has 4 aliphatic rings. The van der Waals surface area contributed by atoms with E-state index in [0.29, 0.717) is 74.6 Å². The molecule has 3 aromatic carbocycles. The maximum atomic E-state index is 16.4. The number of benzene rings is 3. The third kappa shape index (κ3) is 14.9. The first-order chi connectivity index (χ1) is 39.4. The van der Waals surface area contributed by atoms with Gasteiger partial charge < -0.3 is 51.0 Å². The van der Waals surface area contributed by atoms with E-state index < -0.39 is 90.5 Å². The van der Waals surface area contributed by atoms with Crippen LogP contribution in [0.15, 0.2) is 91.1 Å². The first kappa shape index (κ1) is 60.1. The third-order valence-corrected chi connectivity index (χ3v) is 15.5. The minimum atomic E-state index is -1.82. The number of ether oxygens (including phenoxy) is 2. The van der Waals surface area contributed by atoms with Gasteiger partial charge >= 0.3 is 12.1 Å². The summed E-state index contributed by atoms with van der Waals surface area (Å²) in [5.41, 5.74) is 8.42. The number of aliphatic hydroxyl groups excluding tert-OH is 1. The number of aliphatic hydroxyl groups is 1. The molecule has 1 unspecified atom stereocenters. The number of aryl methyl sites for hydroxylation is 1. The molecule has 7 N–H and O–H groups in total. The number of hydrogen-bond acceptors (Lipinski definition) is 12. The number of aromatic nitrogens is 2. The number of nitrogens with zero attached hydrogens (tertiary/aromatic N) is 5. The predicted molar refractivity (Wildman–Crippen MR) is 296 cm³/mol. The van der Waals surface area contributed by atoms with Crippen molar-refractivity contribution < 1.29 is 61.7 Å². The Morgan fingerprint density at radius 2 is 1.60 bits per heavy atom. The number of fused-ring (bicyclic) bond motifs is 1. The van der Waals surface area contributed by atoms with Gasteiger partial charge in [-0.2, -0.15) is 0 Å². The molecule has 9 amide bonds. The highest BCUT2D eigenvalue weighted by molar-refractivity contribution is 6.12. The monoisotopic (exact) mass is 1130 g/mol. The number of hydrogen-bond donors (Lipinski definition) is 6. The summed E-state index contributed by atoms with van der Waals surface area (Å²) in [6.07, 6.45) is 2.76. The number of piperidine rings is 1. The highest BCUT2D eigenvalue weighted by atomic mass is 19.1. The normalized spacial score (nSPS) is 20.1. The number of rotatable bonds is 24. The van der Waals surface area contributed by atoms with Gasteiger partial charge in [-0.3, -0.25) is 38.6 Å². The average Bonchev–Trinajstić information content (AvgIpc) is 4.31. The number of primary amides is 1. The lowest BCUT2D eigenvalue weighted by Gasteiger charge is -2.46. The molecule has 5 heterocycles. The van der Waals surface area contributed by atoms with Crippen LogP contribution in [0.25, 0.3) is 11.3 Å². The minimum Gasteiger partial charge on any atom is -0.445 e. The van der Waals surface area contributed by atoms with Crippen molar-refractivity contribution in [1.82, 2.24) is 40.2 Å². The summed E-state index contributed by atoms with van der Waals surface area (Å²) in [6.45, 7) is 5.94. The summed E-state index contributed by atoms with van der Waals surface area (Å²) in [5.74, 6) is -4.67. The van der Waals surface area contributed by atoms with E-state index in [0.717, 1.165) is 20.9 Å². The number of urea groups is 1. The second-order valence-electron chi connectivity index (χ2n) is 21.7. The molecule has 3 saturated heterocycles. The van der Waals surface area contributed by atoms with Gasteiger partial charge in [-0.25, -0.2) is 23.4 Å². The lowest BCUT2D eigenvalue weighted by molar-refractivity contribution is -0.157. The van der Waals surface area contributed by atoms with Crippen molar-refractivity contribution in [3.8, 4) is 11.3 Å². The maximum absolute atomic E-state index is 16.4. The molecule has 8 rings (SSSR count). The summed E-state index contributed by atoms with van der Waals surface area (Å²) >= 11 is 0. The number of nitrogens with two attached hydrogens (primary N) is 1. The fraction of sp³-hybridized carbons (Fsp3) is 0.475. The molecule has 1 aromatic heterocycles. The molecule has 0 aliphatic carbocycles. The van der Waals surface area contributed by atoms with Crippen LogP contribution in [0.4, 0.5) is 24.1 Å². The van der Waals surface area contributed by atoms with Gasteiger partial charge in [-0.05, 0) is 92.7 Å². The number of imidazole rings is 1. The predicted octanol–water partition coefficient (Wildman–Crippen LogP) is 5.19. The van der Waals surface area contributed by atoms with Crippen LogP contribution < -0.4 is 27.0 Å². The molecule has 0 bridgehead atoms. The van der Waals surface area contributed by atoms with Gasteiger partial charge in [0.25, 0.3) is 17.7 Å². The Bertz CT molecular complexity index is 2970. The fourth-order valence-corrected chi connectivity index (χ4v) is 11.1. The van der Waals surface area contributed by atoms with Gasteiger partial charge in [-0.15, -0.1) is 0 Å². The van der Waals surface area contributed by atoms with Gasteiger partial charge in [-0.1, -0.05) is 74.4 Å². The zero-order valence-electron chi connectivity index (χ0n) is 46.3. The number of alkyl halides is 1. The van der Waals surface area contributed by atoms with Crippen LogP contribution in [0.5, 0.6) is 0 Å². The topological polar surface area (TPSA) is 277 Å². The van der Waals surface area contributed by atoms with Crippen molar-refractivity contribution in [2.75, 3.05) is 44.7 Å². The Morgan fingerprint density at radius 3 is 2.29 bits per heavy atom. The second kappa shape index (κ2) is 27.6. The maximum Gasteiger partial charge on any atom is 0.410 e. The molecule has 0 saturated carbocycles. The molecule has 4 aliphatic heterocycles. The lowest BCUT2D eigenvalue weighted by atomic mass is 9.84. The number of nitrogens with one attached hydrogen (secondary N) is 4. The first-order valence-electron chi connectivity index (χ1n) is 27.9. The molecule has 438 valence electrons. The molecule has 0 spiro atoms. The molecule has 82 heavy (non-hydrogen) atoms. The highest BCUT2D eigenvalue weighted by Crippen LogP contribution is 2.43. The molecular formula is C59H72F2N10O11. The van der Waals surface area contributed by atoms with Crippen molar-refractivity contribution in [3.63, 3.8) is 0 Å². The number of unbranched alkanes of at least 4 members (excludes halogenated alkanes) is 2. The van der Waals surface area contributed by atoms with Crippen LogP contribution in [-0.4, -0.2) is 147 Å². The Morgan fingerprint density at radius 1 is 0.878 bits per heavy atom. The number of carbonyl (C=O) groups excluding carboxylic acids is 8. The van der Waals surface area contributed by atoms with Gasteiger partial charge in [0, 0.05) is 81.3 Å². The van der Waals surface area contributed by atoms with Gasteiger partial charge in [0.1, 0.15) is 36.5 Å². The molecule has 0 radical (unpaired) electrons. The summed E-state index contributed by atoms with van der Waals surface area (Å²) < 4.78 is 45.2. The third-order valence-electron chi connectivity index (χ3n) is 15.5. The molecule has 7 atom stereocenters. The van der Waals surface area contributed by atoms with E-state index in [1.165, 1.54) is 23.1 Å². The summed E-state index contributed by atoms with van der Waals surface area (Å²) in [4.78, 5) is 113. The van der Waals surface area contributed by atoms with Crippen molar-refractivity contribution in [2.45, 2.75) is 122 Å². The van der Waals surface area contributed by atoms with E-state index in [2.05, 4.69) is 21.3 Å². The van der Waals surface area contributed by atoms with Crippen molar-refractivity contribution in [1.29, 1.82) is 0 Å². The summed E-state index contributed by atoms with van der Waals surface area (Å²) in [7, 11) is 0. The van der Waals surface area contributed by atoms with E-state index in [1.807, 2.05) is 41.8 Å². The van der Waals surface area contributed by atoms with E-state index in [9.17, 15) is 43.5 Å². The number of carbonyl (C=O) groups is 8. The quantitative estimate of drug-likeness (QED) is 0.0391. The van der Waals surface area contributed by atoms with Crippen LogP contribution >= 0.6 is 0 Å². The van der Waals surface area contributed by atoms with Crippen molar-refractivity contribution in [3.05, 3.63) is 119 Å². The van der Waals surface area contributed by atoms with E-state index in [-0.39, 0.29) is 74.7 Å². The van der Waals surface area contributed by atoms with Crippen LogP contribution in [-0.2, 0) is 51.4 Å². The van der Waals surface area contributed by atoms with Crippen LogP contribution in [0.1, 0.15) is 93.8 Å². The van der Waals surface area contributed by atoms with Crippen LogP contribution in [0.3, 0.4) is 0 Å². The summed E-state index contributed by atoms with van der Waals surface area (Å²) in [5, 5.41) is 22.6. The van der Waals surface area contributed by atoms with Crippen molar-refractivity contribution >= 4 is 53.3 Å². The van der Waals surface area contributed by atoms with Crippen LogP contribution in [0.2, 0.25) is 0 Å². The Hall–Kier alpha value is -8.05. The second-order valence-corrected chi connectivity index (χ2v) is 21.7. The molecule has 3 fully saturated rings. The average molecular weight is 1140 g/mol. The largest absolute Gasteiger partial charge is 0.445 e. The smallest absolute Gasteiger partial charge is 0.410 e. The fourth-order valence-electron chi connectivity index (χ4n) is 11.1. The molecule has 21 nitrogen and oxygen atoms in total. The Kier molecular flexibility index (Phi) is 20.2. The molecule has 4 aromatic rings. The number of anilines is 1. The lowest BCUT2D eigenvalue weighted by Crippen LogP contribution is -2.61. The number of imide groups is 1. The van der Waals surface area contributed by atoms with Gasteiger partial charge in [0.05, 0.1) is 24.3 Å². The highest BCUT2D eigenvalue weighted by Gasteiger charge is 2.57. The summed E-state index contributed by atoms with van der Waals surface area (Å²) in [6, 6.07) is 15.7. The first-order valence-corrected chi connectivity index (χ1v) is 27.9. The van der Waals surface area contributed by atoms with Gasteiger partial charge in [0.2, 0.25) is 17.7 Å². The Balaban J connectivity index is 0.892. The number of likely N-dealkylation sites (tertiary alicyclic amines) is 2.